The van der Waals surface area contributed by atoms with Gasteiger partial charge in [0.25, 0.3) is 0 Å². The first kappa shape index (κ1) is 16.8. The summed E-state index contributed by atoms with van der Waals surface area (Å²) in [6.45, 7) is 7.70. The first-order valence-electron chi connectivity index (χ1n) is 7.31. The van der Waals surface area contributed by atoms with Crippen LogP contribution in [-0.4, -0.2) is 54.4 Å². The molecule has 1 heterocycles. The number of nitrogens with one attached hydrogen (secondary N) is 1. The minimum absolute atomic E-state index is 0.0839. The van der Waals surface area contributed by atoms with Crippen LogP contribution < -0.4 is 5.32 Å². The van der Waals surface area contributed by atoms with Crippen LogP contribution in [0.15, 0.2) is 0 Å². The van der Waals surface area contributed by atoms with Gasteiger partial charge in [-0.2, -0.15) is 0 Å². The van der Waals surface area contributed by atoms with Crippen LogP contribution in [0.1, 0.15) is 33.6 Å². The molecule has 0 aromatic heterocycles. The van der Waals surface area contributed by atoms with Crippen LogP contribution in [0.2, 0.25) is 0 Å². The highest BCUT2D eigenvalue weighted by atomic mass is 16.5. The number of hydrogen-bond donors (Lipinski definition) is 2. The number of hydrogen-bond acceptors (Lipinski definition) is 3. The highest BCUT2D eigenvalue weighted by Crippen LogP contribution is 2.18. The van der Waals surface area contributed by atoms with E-state index in [0.29, 0.717) is 12.5 Å². The molecule has 6 nitrogen and oxygen atoms in total. The second-order valence-electron chi connectivity index (χ2n) is 5.47. The number of carboxylic acid groups (broad SMARTS) is 1. The van der Waals surface area contributed by atoms with Gasteiger partial charge in [0.15, 0.2) is 0 Å². The van der Waals surface area contributed by atoms with Crippen LogP contribution >= 0.6 is 0 Å². The zero-order valence-electron chi connectivity index (χ0n) is 12.6. The number of carbonyl (C=O) groups is 2. The molecule has 0 spiro atoms. The van der Waals surface area contributed by atoms with Crippen molar-refractivity contribution in [3.05, 3.63) is 0 Å². The van der Waals surface area contributed by atoms with Crippen LogP contribution in [0.4, 0.5) is 4.79 Å². The Morgan fingerprint density at radius 1 is 1.35 bits per heavy atom. The Labute approximate surface area is 120 Å². The van der Waals surface area contributed by atoms with E-state index in [2.05, 4.69) is 5.32 Å². The minimum Gasteiger partial charge on any atom is -0.481 e. The molecule has 1 aliphatic rings. The quantitative estimate of drug-likeness (QED) is 0.776. The fourth-order valence-electron chi connectivity index (χ4n) is 2.38. The topological polar surface area (TPSA) is 78.9 Å². The Morgan fingerprint density at radius 2 is 1.95 bits per heavy atom. The fraction of sp³-hybridized carbons (Fsp3) is 0.857. The van der Waals surface area contributed by atoms with Crippen molar-refractivity contribution in [1.29, 1.82) is 0 Å². The summed E-state index contributed by atoms with van der Waals surface area (Å²) in [5.41, 5.74) is 0. The van der Waals surface area contributed by atoms with Gasteiger partial charge in [-0.3, -0.25) is 4.79 Å². The average Bonchev–Trinajstić information content (AvgIpc) is 2.44. The molecule has 0 aromatic rings. The molecule has 1 rings (SSSR count). The van der Waals surface area contributed by atoms with Gasteiger partial charge in [0.2, 0.25) is 0 Å². The van der Waals surface area contributed by atoms with Gasteiger partial charge in [0.05, 0.1) is 5.92 Å². The SMILES string of the molecule is CCN(CC(C)C(=O)O)C(=O)NC(C)C1CCOCC1. The van der Waals surface area contributed by atoms with Gasteiger partial charge in [0.1, 0.15) is 0 Å². The van der Waals surface area contributed by atoms with Crippen molar-refractivity contribution in [2.45, 2.75) is 39.7 Å². The molecule has 2 unspecified atom stereocenters. The Hall–Kier alpha value is -1.30. The van der Waals surface area contributed by atoms with Crippen LogP contribution in [-0.2, 0) is 9.53 Å². The summed E-state index contributed by atoms with van der Waals surface area (Å²) in [5.74, 6) is -1.00. The zero-order chi connectivity index (χ0) is 15.1. The summed E-state index contributed by atoms with van der Waals surface area (Å²) in [6.07, 6.45) is 1.91. The molecule has 0 aliphatic carbocycles. The van der Waals surface area contributed by atoms with Gasteiger partial charge in [-0.25, -0.2) is 4.79 Å². The number of nitrogens with zero attached hydrogens (tertiary/aromatic N) is 1. The molecule has 2 atom stereocenters. The van der Waals surface area contributed by atoms with Gasteiger partial charge in [-0.1, -0.05) is 6.92 Å². The largest absolute Gasteiger partial charge is 0.481 e. The van der Waals surface area contributed by atoms with E-state index >= 15 is 0 Å². The lowest BCUT2D eigenvalue weighted by Crippen LogP contribution is -2.48. The predicted molar refractivity (Wildman–Crippen MR) is 75.6 cm³/mol. The third-order valence-corrected chi connectivity index (χ3v) is 3.91. The molecule has 0 radical (unpaired) electrons. The van der Waals surface area contributed by atoms with Gasteiger partial charge in [-0.05, 0) is 32.6 Å². The molecule has 20 heavy (non-hydrogen) atoms. The predicted octanol–water partition coefficient (Wildman–Crippen LogP) is 1.55. The van der Waals surface area contributed by atoms with Crippen molar-refractivity contribution in [3.63, 3.8) is 0 Å². The van der Waals surface area contributed by atoms with E-state index in [4.69, 9.17) is 9.84 Å². The second kappa shape index (κ2) is 8.09. The van der Waals surface area contributed by atoms with Crippen LogP contribution in [0.3, 0.4) is 0 Å². The number of urea groups is 1. The van der Waals surface area contributed by atoms with E-state index in [1.54, 1.807) is 11.8 Å². The molecule has 0 saturated carbocycles. The maximum absolute atomic E-state index is 12.2. The number of rotatable bonds is 6. The Bertz CT molecular complexity index is 329. The summed E-state index contributed by atoms with van der Waals surface area (Å²) < 4.78 is 5.31. The first-order chi connectivity index (χ1) is 9.45. The summed E-state index contributed by atoms with van der Waals surface area (Å²) in [4.78, 5) is 24.6. The molecule has 0 bridgehead atoms. The summed E-state index contributed by atoms with van der Waals surface area (Å²) >= 11 is 0. The summed E-state index contributed by atoms with van der Waals surface area (Å²) in [5, 5.41) is 11.9. The van der Waals surface area contributed by atoms with Crippen molar-refractivity contribution in [2.75, 3.05) is 26.3 Å². The van der Waals surface area contributed by atoms with Gasteiger partial charge >= 0.3 is 12.0 Å². The third-order valence-electron chi connectivity index (χ3n) is 3.91. The molecule has 0 aromatic carbocycles. The lowest BCUT2D eigenvalue weighted by molar-refractivity contribution is -0.141. The van der Waals surface area contributed by atoms with Crippen LogP contribution in [0.5, 0.6) is 0 Å². The summed E-state index contributed by atoms with van der Waals surface area (Å²) in [6, 6.07) is -0.0971. The molecule has 2 amide bonds. The van der Waals surface area contributed by atoms with Crippen molar-refractivity contribution in [3.8, 4) is 0 Å². The lowest BCUT2D eigenvalue weighted by atomic mass is 9.93. The van der Waals surface area contributed by atoms with E-state index in [0.717, 1.165) is 26.1 Å². The van der Waals surface area contributed by atoms with E-state index < -0.39 is 11.9 Å². The fourth-order valence-corrected chi connectivity index (χ4v) is 2.38. The van der Waals surface area contributed by atoms with Crippen molar-refractivity contribution in [2.24, 2.45) is 11.8 Å². The maximum Gasteiger partial charge on any atom is 0.317 e. The normalized spacial score (nSPS) is 19.1. The molecular weight excluding hydrogens is 260 g/mol. The monoisotopic (exact) mass is 286 g/mol. The standard InChI is InChI=1S/C14H26N2O4/c1-4-16(9-10(2)13(17)18)14(19)15-11(3)12-5-7-20-8-6-12/h10-12H,4-9H2,1-3H3,(H,15,19)(H,17,18). The highest BCUT2D eigenvalue weighted by molar-refractivity contribution is 5.76. The molecular formula is C14H26N2O4. The van der Waals surface area contributed by atoms with E-state index in [9.17, 15) is 9.59 Å². The van der Waals surface area contributed by atoms with Crippen molar-refractivity contribution < 1.29 is 19.4 Å². The Morgan fingerprint density at radius 3 is 2.45 bits per heavy atom. The van der Waals surface area contributed by atoms with Gasteiger partial charge in [0, 0.05) is 32.3 Å². The molecule has 1 saturated heterocycles. The van der Waals surface area contributed by atoms with Crippen LogP contribution in [0.25, 0.3) is 0 Å². The first-order valence-corrected chi connectivity index (χ1v) is 7.31. The molecule has 1 aliphatic heterocycles. The Balaban J connectivity index is 2.47. The van der Waals surface area contributed by atoms with Gasteiger partial charge < -0.3 is 20.1 Å². The molecule has 2 N–H and O–H groups in total. The average molecular weight is 286 g/mol. The number of ether oxygens (including phenoxy) is 1. The number of carboxylic acids is 1. The number of aliphatic carboxylic acids is 1. The van der Waals surface area contributed by atoms with Crippen molar-refractivity contribution in [1.82, 2.24) is 10.2 Å². The van der Waals surface area contributed by atoms with Crippen molar-refractivity contribution >= 4 is 12.0 Å². The Kier molecular flexibility index (Phi) is 6.78. The minimum atomic E-state index is -0.881. The van der Waals surface area contributed by atoms with E-state index in [1.807, 2.05) is 13.8 Å². The van der Waals surface area contributed by atoms with E-state index in [1.165, 1.54) is 0 Å². The maximum atomic E-state index is 12.2. The lowest BCUT2D eigenvalue weighted by Gasteiger charge is -2.31. The number of carbonyl (C=O) groups excluding carboxylic acids is 1. The zero-order valence-corrected chi connectivity index (χ0v) is 12.6. The third kappa shape index (κ3) is 5.00. The molecule has 116 valence electrons. The summed E-state index contributed by atoms with van der Waals surface area (Å²) in [7, 11) is 0. The smallest absolute Gasteiger partial charge is 0.317 e. The molecule has 6 heteroatoms. The second-order valence-corrected chi connectivity index (χ2v) is 5.47. The van der Waals surface area contributed by atoms with Crippen LogP contribution in [0, 0.1) is 11.8 Å². The molecule has 1 fully saturated rings. The highest BCUT2D eigenvalue weighted by Gasteiger charge is 2.25. The number of amides is 2. The van der Waals surface area contributed by atoms with Gasteiger partial charge in [-0.15, -0.1) is 0 Å². The van der Waals surface area contributed by atoms with E-state index in [-0.39, 0.29) is 18.6 Å².